The van der Waals surface area contributed by atoms with Crippen LogP contribution in [0.5, 0.6) is 0 Å². The Kier molecular flexibility index (Phi) is 5.96. The van der Waals surface area contributed by atoms with E-state index in [1.807, 2.05) is 19.3 Å². The largest absolute Gasteiger partial charge is 0.308 e. The number of hydrogen-bond acceptors (Lipinski definition) is 3. The molecule has 0 atom stereocenters. The number of para-hydroxylation sites is 2. The first-order chi connectivity index (χ1) is 21.5. The number of benzene rings is 4. The van der Waals surface area contributed by atoms with Crippen molar-refractivity contribution in [1.29, 1.82) is 0 Å². The van der Waals surface area contributed by atoms with Gasteiger partial charge < -0.3 is 4.90 Å². The summed E-state index contributed by atoms with van der Waals surface area (Å²) in [5.41, 5.74) is 15.2. The van der Waals surface area contributed by atoms with Crippen LogP contribution in [0.2, 0.25) is 0 Å². The van der Waals surface area contributed by atoms with Gasteiger partial charge in [-0.2, -0.15) is 0 Å². The molecular formula is C40H32BN3. The standard InChI is InChI=1S/C40H32BN3/c1-5-26-27-14-6-9-18-31(27)41(33-19-12-20-34(42-4)38(26)33)32-23-24-37(39-28(32)15-13-25-43-39)44-35-21-10-7-16-29(35)40(2,3)30-17-8-11-22-36(30)44/h5-25H,1H2,2-4H3. The summed E-state index contributed by atoms with van der Waals surface area (Å²) in [7, 11) is 1.87. The Balaban J connectivity index is 1.40. The van der Waals surface area contributed by atoms with E-state index < -0.39 is 0 Å². The predicted octanol–water partition coefficient (Wildman–Crippen LogP) is 8.01. The number of allylic oxidation sites excluding steroid dienone is 7. The molecule has 4 heteroatoms. The fourth-order valence-electron chi connectivity index (χ4n) is 7.66. The summed E-state index contributed by atoms with van der Waals surface area (Å²) in [5, 5.41) is 1.15. The van der Waals surface area contributed by atoms with E-state index in [2.05, 4.69) is 146 Å². The summed E-state index contributed by atoms with van der Waals surface area (Å²) in [5.74, 6) is 0. The maximum Gasteiger partial charge on any atom is 0.243 e. The van der Waals surface area contributed by atoms with Crippen molar-refractivity contribution in [3.05, 3.63) is 162 Å². The normalized spacial score (nSPS) is 17.2. The average Bonchev–Trinajstić information content (AvgIpc) is 3.07. The molecule has 1 aromatic heterocycles. The molecule has 0 unspecified atom stereocenters. The van der Waals surface area contributed by atoms with Crippen LogP contribution in [0, 0.1) is 0 Å². The molecule has 2 aliphatic heterocycles. The first-order valence-electron chi connectivity index (χ1n) is 15.2. The number of pyridine rings is 1. The van der Waals surface area contributed by atoms with Crippen molar-refractivity contribution in [2.24, 2.45) is 4.99 Å². The minimum atomic E-state index is -0.121. The van der Waals surface area contributed by atoms with Crippen molar-refractivity contribution in [3.63, 3.8) is 0 Å². The first kappa shape index (κ1) is 26.4. The van der Waals surface area contributed by atoms with E-state index in [-0.39, 0.29) is 12.1 Å². The topological polar surface area (TPSA) is 28.5 Å². The molecule has 0 spiro atoms. The quantitative estimate of drug-likeness (QED) is 0.207. The highest BCUT2D eigenvalue weighted by Gasteiger charge is 2.39. The molecule has 1 aliphatic carbocycles. The number of aliphatic imine (C=N–C) groups is 1. The molecule has 4 aromatic carbocycles. The van der Waals surface area contributed by atoms with E-state index in [1.54, 1.807) is 0 Å². The van der Waals surface area contributed by atoms with Crippen molar-refractivity contribution in [3.8, 4) is 0 Å². The summed E-state index contributed by atoms with van der Waals surface area (Å²) in [6, 6.07) is 35.2. The van der Waals surface area contributed by atoms with Crippen LogP contribution in [0.15, 0.2) is 150 Å². The Bertz CT molecular complexity index is 2100. The average molecular weight is 566 g/mol. The molecular weight excluding hydrogens is 533 g/mol. The van der Waals surface area contributed by atoms with Gasteiger partial charge in [0.1, 0.15) is 0 Å². The third-order valence-electron chi connectivity index (χ3n) is 9.63. The second-order valence-electron chi connectivity index (χ2n) is 12.2. The highest BCUT2D eigenvalue weighted by molar-refractivity contribution is 6.95. The smallest absolute Gasteiger partial charge is 0.243 e. The molecule has 0 fully saturated rings. The van der Waals surface area contributed by atoms with Crippen molar-refractivity contribution in [2.45, 2.75) is 19.3 Å². The third kappa shape index (κ3) is 3.64. The summed E-state index contributed by atoms with van der Waals surface area (Å²) in [6.45, 7) is 8.89. The molecule has 44 heavy (non-hydrogen) atoms. The van der Waals surface area contributed by atoms with Gasteiger partial charge >= 0.3 is 0 Å². The van der Waals surface area contributed by atoms with Crippen LogP contribution in [-0.4, -0.2) is 24.5 Å². The van der Waals surface area contributed by atoms with E-state index in [1.165, 1.54) is 44.5 Å². The van der Waals surface area contributed by atoms with Gasteiger partial charge in [-0.15, -0.1) is 0 Å². The Labute approximate surface area is 259 Å². The molecule has 3 nitrogen and oxygen atoms in total. The van der Waals surface area contributed by atoms with Gasteiger partial charge in [-0.1, -0.05) is 128 Å². The highest BCUT2D eigenvalue weighted by atomic mass is 15.2. The molecule has 0 saturated heterocycles. The van der Waals surface area contributed by atoms with Crippen molar-refractivity contribution in [1.82, 2.24) is 4.98 Å². The summed E-state index contributed by atoms with van der Waals surface area (Å²) >= 11 is 0. The lowest BCUT2D eigenvalue weighted by atomic mass is 9.31. The molecule has 0 saturated carbocycles. The number of fused-ring (bicyclic) bond motifs is 5. The second kappa shape index (κ2) is 9.92. The first-order valence-corrected chi connectivity index (χ1v) is 15.2. The lowest BCUT2D eigenvalue weighted by Crippen LogP contribution is -2.49. The van der Waals surface area contributed by atoms with E-state index in [4.69, 9.17) is 4.98 Å². The molecule has 0 radical (unpaired) electrons. The van der Waals surface area contributed by atoms with Crippen LogP contribution >= 0.6 is 0 Å². The lowest BCUT2D eigenvalue weighted by molar-refractivity contribution is 0.632. The fourth-order valence-corrected chi connectivity index (χ4v) is 7.66. The molecule has 0 bridgehead atoms. The summed E-state index contributed by atoms with van der Waals surface area (Å²) < 4.78 is 0. The molecule has 8 rings (SSSR count). The fraction of sp³-hybridized carbons (Fsp3) is 0.100. The van der Waals surface area contributed by atoms with Gasteiger partial charge in [-0.05, 0) is 58.0 Å². The molecule has 0 amide bonds. The molecule has 3 aliphatic rings. The van der Waals surface area contributed by atoms with Gasteiger partial charge in [0.15, 0.2) is 0 Å². The zero-order valence-corrected chi connectivity index (χ0v) is 25.3. The minimum Gasteiger partial charge on any atom is -0.308 e. The van der Waals surface area contributed by atoms with Crippen molar-refractivity contribution in [2.75, 3.05) is 11.9 Å². The van der Waals surface area contributed by atoms with E-state index >= 15 is 0 Å². The van der Waals surface area contributed by atoms with Gasteiger partial charge in [0, 0.05) is 24.2 Å². The summed E-state index contributed by atoms with van der Waals surface area (Å²) in [6.07, 6.45) is 10.4. The zero-order chi connectivity index (χ0) is 30.0. The Morgan fingerprint density at radius 2 is 1.50 bits per heavy atom. The van der Waals surface area contributed by atoms with Crippen LogP contribution in [0.1, 0.15) is 30.5 Å². The molecule has 3 heterocycles. The van der Waals surface area contributed by atoms with E-state index in [9.17, 15) is 0 Å². The number of nitrogens with zero attached hydrogens (tertiary/aromatic N) is 3. The number of anilines is 3. The SMILES string of the molecule is C=CC1=C2C(=CC=CC2=NC)B(c2ccc(N3c4ccccc4C(C)(C)c4ccccc43)c3ncccc23)c2ccccc21. The van der Waals surface area contributed by atoms with Crippen molar-refractivity contribution < 1.29 is 0 Å². The lowest BCUT2D eigenvalue weighted by Gasteiger charge is -2.42. The molecule has 0 N–H and O–H groups in total. The van der Waals surface area contributed by atoms with Gasteiger partial charge in [-0.25, -0.2) is 0 Å². The maximum absolute atomic E-state index is 5.09. The van der Waals surface area contributed by atoms with Gasteiger partial charge in [0.2, 0.25) is 6.71 Å². The number of hydrogen-bond donors (Lipinski definition) is 0. The molecule has 5 aromatic rings. The van der Waals surface area contributed by atoms with Crippen LogP contribution < -0.4 is 15.8 Å². The second-order valence-corrected chi connectivity index (χ2v) is 12.2. The van der Waals surface area contributed by atoms with Gasteiger partial charge in [0.25, 0.3) is 0 Å². The number of aromatic nitrogens is 1. The monoisotopic (exact) mass is 565 g/mol. The number of rotatable bonds is 3. The summed E-state index contributed by atoms with van der Waals surface area (Å²) in [4.78, 5) is 12.2. The van der Waals surface area contributed by atoms with Crippen molar-refractivity contribution >= 4 is 56.9 Å². The molecule has 210 valence electrons. The maximum atomic E-state index is 5.09. The third-order valence-corrected chi connectivity index (χ3v) is 9.63. The van der Waals surface area contributed by atoms with E-state index in [0.29, 0.717) is 0 Å². The predicted molar refractivity (Wildman–Crippen MR) is 188 cm³/mol. The van der Waals surface area contributed by atoms with E-state index in [0.717, 1.165) is 33.4 Å². The van der Waals surface area contributed by atoms with Crippen LogP contribution in [0.3, 0.4) is 0 Å². The Morgan fingerprint density at radius 1 is 0.795 bits per heavy atom. The van der Waals surface area contributed by atoms with Crippen LogP contribution in [0.25, 0.3) is 16.5 Å². The van der Waals surface area contributed by atoms with Gasteiger partial charge in [0.05, 0.1) is 28.3 Å². The zero-order valence-electron chi connectivity index (χ0n) is 25.3. The van der Waals surface area contributed by atoms with Crippen LogP contribution in [-0.2, 0) is 5.41 Å². The Morgan fingerprint density at radius 3 is 2.23 bits per heavy atom. The van der Waals surface area contributed by atoms with Gasteiger partial charge in [-0.3, -0.25) is 9.98 Å². The minimum absolute atomic E-state index is 0.0206. The highest BCUT2D eigenvalue weighted by Crippen LogP contribution is 2.52. The van der Waals surface area contributed by atoms with Crippen LogP contribution in [0.4, 0.5) is 17.1 Å². The Hall–Kier alpha value is -5.22.